The molecule has 25 heavy (non-hydrogen) atoms. The molecule has 0 N–H and O–H groups in total. The van der Waals surface area contributed by atoms with Crippen LogP contribution in [0.5, 0.6) is 0 Å². The average molecular weight is 407 g/mol. The highest BCUT2D eigenvalue weighted by atomic mass is 79.9. The van der Waals surface area contributed by atoms with E-state index in [1.54, 1.807) is 11.0 Å². The molecule has 1 aliphatic rings. The van der Waals surface area contributed by atoms with Crippen LogP contribution in [0.3, 0.4) is 0 Å². The lowest BCUT2D eigenvalue weighted by molar-refractivity contribution is 0.164. The number of rotatable bonds is 3. The Labute approximate surface area is 153 Å². The summed E-state index contributed by atoms with van der Waals surface area (Å²) < 4.78 is 7.85. The Kier molecular flexibility index (Phi) is 4.16. The van der Waals surface area contributed by atoms with E-state index in [1.165, 1.54) is 0 Å². The quantitative estimate of drug-likeness (QED) is 0.648. The lowest BCUT2D eigenvalue weighted by Gasteiger charge is -2.37. The van der Waals surface area contributed by atoms with E-state index in [2.05, 4.69) is 57.9 Å². The zero-order valence-electron chi connectivity index (χ0n) is 14.3. The van der Waals surface area contributed by atoms with Gasteiger partial charge >= 0.3 is 0 Å². The molecule has 3 aromatic heterocycles. The number of halogens is 1. The first-order valence-corrected chi connectivity index (χ1v) is 8.96. The molecule has 1 atom stereocenters. The molecule has 0 saturated carbocycles. The highest BCUT2D eigenvalue weighted by Gasteiger charge is 2.27. The van der Waals surface area contributed by atoms with Crippen molar-refractivity contribution >= 4 is 32.8 Å². The standard InChI is InChI=1S/C15H19BrN8O/c1-9(15-19-10(2)21-25-15)23-4-6-24(7-5-23)14-11-12(16)20-22(3)13(11)17-8-18-14/h8-9H,4-7H2,1-3H3. The van der Waals surface area contributed by atoms with Crippen molar-refractivity contribution in [2.75, 3.05) is 31.1 Å². The van der Waals surface area contributed by atoms with Gasteiger partial charge < -0.3 is 9.42 Å². The molecule has 1 saturated heterocycles. The number of piperazine rings is 1. The van der Waals surface area contributed by atoms with Gasteiger partial charge in [-0.3, -0.25) is 4.90 Å². The zero-order valence-corrected chi connectivity index (χ0v) is 15.9. The normalized spacial score (nSPS) is 17.4. The van der Waals surface area contributed by atoms with Gasteiger partial charge in [0.2, 0.25) is 5.89 Å². The smallest absolute Gasteiger partial charge is 0.243 e. The van der Waals surface area contributed by atoms with Crippen LogP contribution in [0.4, 0.5) is 5.82 Å². The molecule has 0 radical (unpaired) electrons. The molecule has 0 aromatic carbocycles. The predicted octanol–water partition coefficient (Wildman–Crippen LogP) is 1.70. The monoisotopic (exact) mass is 406 g/mol. The number of aromatic nitrogens is 6. The summed E-state index contributed by atoms with van der Waals surface area (Å²) >= 11 is 3.53. The van der Waals surface area contributed by atoms with Gasteiger partial charge in [0.15, 0.2) is 11.5 Å². The number of anilines is 1. The number of fused-ring (bicyclic) bond motifs is 1. The topological polar surface area (TPSA) is 89.0 Å². The molecule has 0 amide bonds. The van der Waals surface area contributed by atoms with Crippen molar-refractivity contribution in [3.8, 4) is 0 Å². The molecule has 4 rings (SSSR count). The van der Waals surface area contributed by atoms with Crippen LogP contribution in [0.15, 0.2) is 15.5 Å². The van der Waals surface area contributed by atoms with Gasteiger partial charge in [0.05, 0.1) is 11.4 Å². The molecular weight excluding hydrogens is 388 g/mol. The van der Waals surface area contributed by atoms with Crippen LogP contribution in [0, 0.1) is 6.92 Å². The molecule has 10 heteroatoms. The second kappa shape index (κ2) is 6.34. The van der Waals surface area contributed by atoms with Crippen LogP contribution in [0.2, 0.25) is 0 Å². The minimum atomic E-state index is 0.110. The molecule has 1 unspecified atom stereocenters. The fourth-order valence-corrected chi connectivity index (χ4v) is 3.82. The van der Waals surface area contributed by atoms with Gasteiger partial charge in [-0.25, -0.2) is 14.6 Å². The van der Waals surface area contributed by atoms with Crippen molar-refractivity contribution in [2.45, 2.75) is 19.9 Å². The SMILES string of the molecule is Cc1noc(C(C)N2CCN(c3ncnc4c3c(Br)nn4C)CC2)n1. The van der Waals surface area contributed by atoms with E-state index < -0.39 is 0 Å². The number of hydrogen-bond donors (Lipinski definition) is 0. The number of hydrogen-bond acceptors (Lipinski definition) is 8. The van der Waals surface area contributed by atoms with Crippen LogP contribution in [-0.4, -0.2) is 61.0 Å². The molecule has 0 aliphatic carbocycles. The molecule has 1 fully saturated rings. The van der Waals surface area contributed by atoms with Gasteiger partial charge in [0.1, 0.15) is 16.7 Å². The van der Waals surface area contributed by atoms with Crippen molar-refractivity contribution in [3.63, 3.8) is 0 Å². The molecule has 3 aromatic rings. The second-order valence-corrected chi connectivity index (χ2v) is 6.94. The Morgan fingerprint density at radius 1 is 1.20 bits per heavy atom. The van der Waals surface area contributed by atoms with E-state index in [9.17, 15) is 0 Å². The summed E-state index contributed by atoms with van der Waals surface area (Å²) in [4.78, 5) is 17.8. The van der Waals surface area contributed by atoms with Gasteiger partial charge in [-0.05, 0) is 29.8 Å². The van der Waals surface area contributed by atoms with Crippen molar-refractivity contribution in [3.05, 3.63) is 22.6 Å². The summed E-state index contributed by atoms with van der Waals surface area (Å²) in [5.74, 6) is 2.27. The summed E-state index contributed by atoms with van der Waals surface area (Å²) in [5.41, 5.74) is 0.828. The molecule has 4 heterocycles. The van der Waals surface area contributed by atoms with Gasteiger partial charge in [-0.1, -0.05) is 5.16 Å². The maximum absolute atomic E-state index is 5.31. The third-order valence-corrected chi connectivity index (χ3v) is 5.18. The lowest BCUT2D eigenvalue weighted by Crippen LogP contribution is -2.47. The molecule has 1 aliphatic heterocycles. The minimum absolute atomic E-state index is 0.110. The fraction of sp³-hybridized carbons (Fsp3) is 0.533. The van der Waals surface area contributed by atoms with Crippen molar-refractivity contribution in [1.29, 1.82) is 0 Å². The fourth-order valence-electron chi connectivity index (χ4n) is 3.23. The second-order valence-electron chi connectivity index (χ2n) is 6.19. The van der Waals surface area contributed by atoms with E-state index in [4.69, 9.17) is 4.52 Å². The van der Waals surface area contributed by atoms with Crippen LogP contribution < -0.4 is 4.90 Å². The third kappa shape index (κ3) is 2.89. The van der Waals surface area contributed by atoms with Crippen LogP contribution in [0.25, 0.3) is 11.0 Å². The van der Waals surface area contributed by atoms with E-state index >= 15 is 0 Å². The average Bonchev–Trinajstić information content (AvgIpc) is 3.18. The molecule has 0 bridgehead atoms. The van der Waals surface area contributed by atoms with E-state index in [-0.39, 0.29) is 6.04 Å². The third-order valence-electron chi connectivity index (χ3n) is 4.62. The molecule has 132 valence electrons. The van der Waals surface area contributed by atoms with Crippen LogP contribution >= 0.6 is 15.9 Å². The van der Waals surface area contributed by atoms with Gasteiger partial charge in [-0.2, -0.15) is 10.1 Å². The van der Waals surface area contributed by atoms with E-state index in [0.717, 1.165) is 47.6 Å². The van der Waals surface area contributed by atoms with Crippen molar-refractivity contribution < 1.29 is 4.52 Å². The van der Waals surface area contributed by atoms with E-state index in [0.29, 0.717) is 11.7 Å². The van der Waals surface area contributed by atoms with Crippen LogP contribution in [0.1, 0.15) is 24.7 Å². The van der Waals surface area contributed by atoms with Crippen LogP contribution in [-0.2, 0) is 7.05 Å². The first-order chi connectivity index (χ1) is 12.0. The summed E-state index contributed by atoms with van der Waals surface area (Å²) in [6.07, 6.45) is 1.60. The Balaban J connectivity index is 1.53. The zero-order chi connectivity index (χ0) is 17.6. The molecule has 0 spiro atoms. The maximum atomic E-state index is 5.31. The highest BCUT2D eigenvalue weighted by molar-refractivity contribution is 9.10. The summed E-state index contributed by atoms with van der Waals surface area (Å²) in [5, 5.41) is 9.24. The largest absolute Gasteiger partial charge is 0.353 e. The Hall–Kier alpha value is -2.07. The van der Waals surface area contributed by atoms with Gasteiger partial charge in [0, 0.05) is 33.2 Å². The van der Waals surface area contributed by atoms with Crippen molar-refractivity contribution in [1.82, 2.24) is 34.8 Å². The first-order valence-electron chi connectivity index (χ1n) is 8.17. The Bertz CT molecular complexity index is 898. The van der Waals surface area contributed by atoms with E-state index in [1.807, 2.05) is 14.0 Å². The maximum Gasteiger partial charge on any atom is 0.243 e. The van der Waals surface area contributed by atoms with Crippen molar-refractivity contribution in [2.24, 2.45) is 7.05 Å². The summed E-state index contributed by atoms with van der Waals surface area (Å²) in [6, 6.07) is 0.110. The Morgan fingerprint density at radius 2 is 1.96 bits per heavy atom. The number of aryl methyl sites for hydroxylation is 2. The highest BCUT2D eigenvalue weighted by Crippen LogP contribution is 2.30. The predicted molar refractivity (Wildman–Crippen MR) is 95.2 cm³/mol. The van der Waals surface area contributed by atoms with Gasteiger partial charge in [-0.15, -0.1) is 0 Å². The lowest BCUT2D eigenvalue weighted by atomic mass is 10.2. The van der Waals surface area contributed by atoms with Gasteiger partial charge in [0.25, 0.3) is 0 Å². The Morgan fingerprint density at radius 3 is 2.64 bits per heavy atom. The number of nitrogens with zero attached hydrogens (tertiary/aromatic N) is 8. The summed E-state index contributed by atoms with van der Waals surface area (Å²) in [6.45, 7) is 7.46. The summed E-state index contributed by atoms with van der Waals surface area (Å²) in [7, 11) is 1.88. The molecule has 9 nitrogen and oxygen atoms in total. The molecular formula is C15H19BrN8O. The first kappa shape index (κ1) is 16.4. The minimum Gasteiger partial charge on any atom is -0.353 e.